The van der Waals surface area contributed by atoms with Crippen LogP contribution in [0.2, 0.25) is 5.02 Å². The van der Waals surface area contributed by atoms with Crippen molar-refractivity contribution in [3.05, 3.63) is 64.7 Å². The maximum Gasteiger partial charge on any atom is 0.258 e. The fraction of sp³-hybridized carbons (Fsp3) is 0.278. The van der Waals surface area contributed by atoms with Crippen LogP contribution in [0, 0.1) is 0 Å². The fourth-order valence-corrected chi connectivity index (χ4v) is 2.32. The molecule has 0 radical (unpaired) electrons. The first-order valence-corrected chi connectivity index (χ1v) is 7.77. The number of hydrogen-bond acceptors (Lipinski definition) is 3. The Labute approximate surface area is 141 Å². The molecule has 23 heavy (non-hydrogen) atoms. The van der Waals surface area contributed by atoms with Crippen LogP contribution >= 0.6 is 11.6 Å². The van der Waals surface area contributed by atoms with Gasteiger partial charge in [-0.25, -0.2) is 0 Å². The molecule has 0 spiro atoms. The zero-order valence-corrected chi connectivity index (χ0v) is 13.8. The highest BCUT2D eigenvalue weighted by molar-refractivity contribution is 6.30. The summed E-state index contributed by atoms with van der Waals surface area (Å²) >= 11 is 6.08. The van der Waals surface area contributed by atoms with Crippen LogP contribution in [0.5, 0.6) is 5.75 Å². The lowest BCUT2D eigenvalue weighted by molar-refractivity contribution is -0.123. The first kappa shape index (κ1) is 17.3. The van der Waals surface area contributed by atoms with Gasteiger partial charge in [-0.1, -0.05) is 41.9 Å². The number of hydrogen-bond donors (Lipinski definition) is 1. The minimum absolute atomic E-state index is 0.0346. The van der Waals surface area contributed by atoms with Crippen LogP contribution < -0.4 is 10.1 Å². The summed E-state index contributed by atoms with van der Waals surface area (Å²) in [5.74, 6) is 0.489. The van der Waals surface area contributed by atoms with Crippen LogP contribution in [0.4, 0.5) is 0 Å². The van der Waals surface area contributed by atoms with E-state index >= 15 is 0 Å². The zero-order chi connectivity index (χ0) is 16.5. The highest BCUT2D eigenvalue weighted by atomic mass is 35.5. The molecule has 0 atom stereocenters. The van der Waals surface area contributed by atoms with Crippen molar-refractivity contribution >= 4 is 17.5 Å². The standard InChI is InChI=1S/C18H20ClNO3/c1-22-10-9-20-18(21)13-23-17-8-7-16(19)12-15(17)11-14-5-3-2-4-6-14/h2-8,12H,9-11,13H2,1H3,(H,20,21). The Hall–Kier alpha value is -2.04. The Morgan fingerprint density at radius 1 is 1.17 bits per heavy atom. The highest BCUT2D eigenvalue weighted by Gasteiger charge is 2.08. The van der Waals surface area contributed by atoms with Crippen molar-refractivity contribution in [2.24, 2.45) is 0 Å². The minimum atomic E-state index is -0.178. The average Bonchev–Trinajstić information content (AvgIpc) is 2.55. The fourth-order valence-electron chi connectivity index (χ4n) is 2.13. The minimum Gasteiger partial charge on any atom is -0.483 e. The van der Waals surface area contributed by atoms with Crippen molar-refractivity contribution < 1.29 is 14.3 Å². The summed E-state index contributed by atoms with van der Waals surface area (Å²) in [7, 11) is 1.59. The molecule has 1 amide bonds. The average molecular weight is 334 g/mol. The van der Waals surface area contributed by atoms with Gasteiger partial charge in [0.2, 0.25) is 0 Å². The summed E-state index contributed by atoms with van der Waals surface area (Å²) in [5.41, 5.74) is 2.11. The van der Waals surface area contributed by atoms with Gasteiger partial charge in [-0.2, -0.15) is 0 Å². The Balaban J connectivity index is 1.99. The van der Waals surface area contributed by atoms with E-state index in [9.17, 15) is 4.79 Å². The van der Waals surface area contributed by atoms with E-state index in [1.54, 1.807) is 19.2 Å². The third-order valence-electron chi connectivity index (χ3n) is 3.25. The van der Waals surface area contributed by atoms with Crippen LogP contribution in [-0.2, 0) is 16.0 Å². The summed E-state index contributed by atoms with van der Waals surface area (Å²) < 4.78 is 10.5. The molecule has 5 heteroatoms. The number of carbonyl (C=O) groups excluding carboxylic acids is 1. The normalized spacial score (nSPS) is 10.3. The molecule has 0 aromatic heterocycles. The van der Waals surface area contributed by atoms with Gasteiger partial charge in [-0.15, -0.1) is 0 Å². The lowest BCUT2D eigenvalue weighted by Gasteiger charge is -2.12. The van der Waals surface area contributed by atoms with Gasteiger partial charge in [0.25, 0.3) is 5.91 Å². The van der Waals surface area contributed by atoms with Gasteiger partial charge >= 0.3 is 0 Å². The van der Waals surface area contributed by atoms with E-state index in [4.69, 9.17) is 21.1 Å². The van der Waals surface area contributed by atoms with Gasteiger partial charge in [-0.3, -0.25) is 4.79 Å². The molecule has 1 N–H and O–H groups in total. The summed E-state index contributed by atoms with van der Waals surface area (Å²) in [6, 6.07) is 15.5. The SMILES string of the molecule is COCCNC(=O)COc1ccc(Cl)cc1Cc1ccccc1. The van der Waals surface area contributed by atoms with E-state index in [0.29, 0.717) is 30.3 Å². The number of methoxy groups -OCH3 is 1. The molecule has 0 saturated heterocycles. The predicted molar refractivity (Wildman–Crippen MR) is 91.1 cm³/mol. The number of benzene rings is 2. The van der Waals surface area contributed by atoms with Crippen molar-refractivity contribution in [2.75, 3.05) is 26.9 Å². The van der Waals surface area contributed by atoms with E-state index in [0.717, 1.165) is 11.1 Å². The largest absolute Gasteiger partial charge is 0.483 e. The van der Waals surface area contributed by atoms with Crippen molar-refractivity contribution in [1.82, 2.24) is 5.32 Å². The Morgan fingerprint density at radius 2 is 1.96 bits per heavy atom. The number of nitrogens with one attached hydrogen (secondary N) is 1. The molecule has 2 aromatic rings. The Bertz CT molecular complexity index is 631. The molecule has 0 aliphatic carbocycles. The number of carbonyl (C=O) groups is 1. The second kappa shape index (κ2) is 9.18. The van der Waals surface area contributed by atoms with Crippen LogP contribution in [0.3, 0.4) is 0 Å². The molecule has 0 bridgehead atoms. The van der Waals surface area contributed by atoms with Gasteiger partial charge in [-0.05, 0) is 29.3 Å². The molecule has 2 rings (SSSR count). The first-order chi connectivity index (χ1) is 11.2. The predicted octanol–water partition coefficient (Wildman–Crippen LogP) is 3.07. The van der Waals surface area contributed by atoms with Crippen LogP contribution in [0.25, 0.3) is 0 Å². The van der Waals surface area contributed by atoms with Gasteiger partial charge in [0.15, 0.2) is 6.61 Å². The lowest BCUT2D eigenvalue weighted by atomic mass is 10.0. The molecule has 0 fully saturated rings. The summed E-state index contributed by atoms with van der Waals surface area (Å²) in [6.07, 6.45) is 0.696. The van der Waals surface area contributed by atoms with Gasteiger partial charge < -0.3 is 14.8 Å². The maximum absolute atomic E-state index is 11.7. The Morgan fingerprint density at radius 3 is 2.70 bits per heavy atom. The van der Waals surface area contributed by atoms with Gasteiger partial charge in [0, 0.05) is 25.1 Å². The van der Waals surface area contributed by atoms with E-state index in [1.807, 2.05) is 36.4 Å². The van der Waals surface area contributed by atoms with Gasteiger partial charge in [0.1, 0.15) is 5.75 Å². The van der Waals surface area contributed by atoms with Crippen LogP contribution in [0.1, 0.15) is 11.1 Å². The summed E-state index contributed by atoms with van der Waals surface area (Å²) in [5, 5.41) is 3.37. The maximum atomic E-state index is 11.7. The van der Waals surface area contributed by atoms with E-state index in [1.165, 1.54) is 0 Å². The molecule has 0 aliphatic rings. The molecular weight excluding hydrogens is 314 g/mol. The number of ether oxygens (including phenoxy) is 2. The molecule has 122 valence electrons. The second-order valence-electron chi connectivity index (χ2n) is 5.05. The molecule has 0 heterocycles. The number of rotatable bonds is 8. The summed E-state index contributed by atoms with van der Waals surface area (Å²) in [6.45, 7) is 0.912. The monoisotopic (exact) mass is 333 g/mol. The first-order valence-electron chi connectivity index (χ1n) is 7.40. The van der Waals surface area contributed by atoms with Crippen molar-refractivity contribution in [3.63, 3.8) is 0 Å². The van der Waals surface area contributed by atoms with E-state index < -0.39 is 0 Å². The van der Waals surface area contributed by atoms with E-state index in [-0.39, 0.29) is 12.5 Å². The molecule has 2 aromatic carbocycles. The number of halogens is 1. The quantitative estimate of drug-likeness (QED) is 0.755. The molecule has 0 aliphatic heterocycles. The third-order valence-corrected chi connectivity index (χ3v) is 3.48. The lowest BCUT2D eigenvalue weighted by Crippen LogP contribution is -2.31. The smallest absolute Gasteiger partial charge is 0.258 e. The third kappa shape index (κ3) is 5.93. The van der Waals surface area contributed by atoms with Crippen molar-refractivity contribution in [3.8, 4) is 5.75 Å². The summed E-state index contributed by atoms with van der Waals surface area (Å²) in [4.78, 5) is 11.7. The van der Waals surface area contributed by atoms with Crippen LogP contribution in [-0.4, -0.2) is 32.8 Å². The molecule has 4 nitrogen and oxygen atoms in total. The Kier molecular flexibility index (Phi) is 6.91. The van der Waals surface area contributed by atoms with Crippen LogP contribution in [0.15, 0.2) is 48.5 Å². The van der Waals surface area contributed by atoms with E-state index in [2.05, 4.69) is 5.32 Å². The molecular formula is C18H20ClNO3. The zero-order valence-electron chi connectivity index (χ0n) is 13.0. The molecule has 0 saturated carbocycles. The van der Waals surface area contributed by atoms with Crippen molar-refractivity contribution in [1.29, 1.82) is 0 Å². The molecule has 0 unspecified atom stereocenters. The topological polar surface area (TPSA) is 47.6 Å². The van der Waals surface area contributed by atoms with Gasteiger partial charge in [0.05, 0.1) is 6.61 Å². The number of amides is 1. The van der Waals surface area contributed by atoms with Crippen molar-refractivity contribution in [2.45, 2.75) is 6.42 Å². The second-order valence-corrected chi connectivity index (χ2v) is 5.48. The highest BCUT2D eigenvalue weighted by Crippen LogP contribution is 2.25.